The van der Waals surface area contributed by atoms with Gasteiger partial charge < -0.3 is 10.1 Å². The zero-order valence-electron chi connectivity index (χ0n) is 15.4. The van der Waals surface area contributed by atoms with E-state index in [9.17, 15) is 4.79 Å². The van der Waals surface area contributed by atoms with E-state index in [1.54, 1.807) is 0 Å². The van der Waals surface area contributed by atoms with Crippen LogP contribution in [0.3, 0.4) is 0 Å². The van der Waals surface area contributed by atoms with Gasteiger partial charge in [-0.3, -0.25) is 9.69 Å². The summed E-state index contributed by atoms with van der Waals surface area (Å²) in [5, 5.41) is 5.53. The molecule has 2 aromatic carbocycles. The molecule has 4 heteroatoms. The Morgan fingerprint density at radius 1 is 1.00 bits per heavy atom. The molecule has 4 rings (SSSR count). The van der Waals surface area contributed by atoms with Gasteiger partial charge in [-0.2, -0.15) is 0 Å². The number of carbonyl (C=O) groups excluding carboxylic acids is 1. The smallest absolute Gasteiger partial charge is 0.251 e. The molecule has 1 N–H and O–H groups in total. The highest BCUT2D eigenvalue weighted by molar-refractivity contribution is 5.98. The molecule has 0 radical (unpaired) electrons. The van der Waals surface area contributed by atoms with E-state index in [1.165, 1.54) is 37.5 Å². The number of ether oxygens (including phenoxy) is 1. The molecule has 0 bridgehead atoms. The lowest BCUT2D eigenvalue weighted by molar-refractivity contribution is -0.0361. The van der Waals surface area contributed by atoms with Crippen LogP contribution in [-0.2, 0) is 4.74 Å². The topological polar surface area (TPSA) is 41.6 Å². The van der Waals surface area contributed by atoms with Crippen molar-refractivity contribution in [3.8, 4) is 0 Å². The molecule has 0 aromatic heterocycles. The van der Waals surface area contributed by atoms with Crippen LogP contribution in [0.5, 0.6) is 0 Å². The maximum atomic E-state index is 12.8. The number of benzene rings is 2. The lowest BCUT2D eigenvalue weighted by atomic mass is 9.79. The van der Waals surface area contributed by atoms with Crippen LogP contribution in [0.15, 0.2) is 42.5 Å². The van der Waals surface area contributed by atoms with Crippen molar-refractivity contribution in [2.24, 2.45) is 0 Å². The highest BCUT2D eigenvalue weighted by Gasteiger charge is 2.38. The van der Waals surface area contributed by atoms with E-state index in [2.05, 4.69) is 22.3 Å². The van der Waals surface area contributed by atoms with Gasteiger partial charge in [0.1, 0.15) is 0 Å². The van der Waals surface area contributed by atoms with Crippen LogP contribution in [0.25, 0.3) is 10.8 Å². The van der Waals surface area contributed by atoms with Crippen molar-refractivity contribution < 1.29 is 9.53 Å². The number of rotatable bonds is 4. The first kappa shape index (κ1) is 17.5. The van der Waals surface area contributed by atoms with E-state index in [1.807, 2.05) is 30.3 Å². The lowest BCUT2D eigenvalue weighted by Crippen LogP contribution is -2.59. The van der Waals surface area contributed by atoms with E-state index in [-0.39, 0.29) is 11.4 Å². The third-order valence-electron chi connectivity index (χ3n) is 6.06. The first-order valence-corrected chi connectivity index (χ1v) is 9.87. The predicted octanol–water partition coefficient (Wildman–Crippen LogP) is 3.60. The van der Waals surface area contributed by atoms with Crippen LogP contribution in [0.1, 0.15) is 42.5 Å². The summed E-state index contributed by atoms with van der Waals surface area (Å²) in [4.78, 5) is 15.4. The standard InChI is InChI=1S/C22H28N2O2/c25-21(20-9-8-18-6-2-3-7-19(18)16-20)23-17-22(10-4-1-5-11-22)24-12-14-26-15-13-24/h2-3,6-9,16H,1,4-5,10-15,17H2,(H,23,25). The number of nitrogens with one attached hydrogen (secondary N) is 1. The third kappa shape index (κ3) is 3.62. The van der Waals surface area contributed by atoms with Crippen LogP contribution in [0.2, 0.25) is 0 Å². The van der Waals surface area contributed by atoms with Gasteiger partial charge in [0, 0.05) is 30.7 Å². The second kappa shape index (κ2) is 7.77. The summed E-state index contributed by atoms with van der Waals surface area (Å²) in [6.45, 7) is 4.30. The molecule has 0 spiro atoms. The van der Waals surface area contributed by atoms with Crippen molar-refractivity contribution in [2.75, 3.05) is 32.8 Å². The molecule has 138 valence electrons. The average molecular weight is 352 g/mol. The summed E-state index contributed by atoms with van der Waals surface area (Å²) >= 11 is 0. The van der Waals surface area contributed by atoms with Gasteiger partial charge in [0.25, 0.3) is 5.91 Å². The minimum atomic E-state index is 0.0361. The van der Waals surface area contributed by atoms with Gasteiger partial charge in [0.05, 0.1) is 13.2 Å². The predicted molar refractivity (Wildman–Crippen MR) is 104 cm³/mol. The highest BCUT2D eigenvalue weighted by Crippen LogP contribution is 2.34. The van der Waals surface area contributed by atoms with Gasteiger partial charge in [-0.1, -0.05) is 49.6 Å². The van der Waals surface area contributed by atoms with Crippen LogP contribution >= 0.6 is 0 Å². The van der Waals surface area contributed by atoms with E-state index < -0.39 is 0 Å². The Hall–Kier alpha value is -1.91. The normalized spacial score (nSPS) is 20.8. The lowest BCUT2D eigenvalue weighted by Gasteiger charge is -2.48. The second-order valence-corrected chi connectivity index (χ2v) is 7.63. The Kier molecular flexibility index (Phi) is 5.23. The van der Waals surface area contributed by atoms with Crippen molar-refractivity contribution in [2.45, 2.75) is 37.6 Å². The summed E-state index contributed by atoms with van der Waals surface area (Å²) in [6, 6.07) is 14.1. The highest BCUT2D eigenvalue weighted by atomic mass is 16.5. The molecule has 1 heterocycles. The third-order valence-corrected chi connectivity index (χ3v) is 6.06. The molecule has 1 saturated carbocycles. The maximum absolute atomic E-state index is 12.8. The Morgan fingerprint density at radius 2 is 1.73 bits per heavy atom. The van der Waals surface area contributed by atoms with Gasteiger partial charge in [-0.05, 0) is 35.7 Å². The fourth-order valence-corrected chi connectivity index (χ4v) is 4.53. The molecule has 1 saturated heterocycles. The second-order valence-electron chi connectivity index (χ2n) is 7.63. The number of hydrogen-bond donors (Lipinski definition) is 1. The van der Waals surface area contributed by atoms with Gasteiger partial charge >= 0.3 is 0 Å². The fourth-order valence-electron chi connectivity index (χ4n) is 4.53. The van der Waals surface area contributed by atoms with Gasteiger partial charge in [-0.25, -0.2) is 0 Å². The molecule has 0 unspecified atom stereocenters. The molecular formula is C22H28N2O2. The molecule has 1 aliphatic carbocycles. The number of morpholine rings is 1. The molecule has 1 amide bonds. The zero-order valence-corrected chi connectivity index (χ0v) is 15.4. The van der Waals surface area contributed by atoms with Crippen molar-refractivity contribution in [1.82, 2.24) is 10.2 Å². The van der Waals surface area contributed by atoms with E-state index in [0.717, 1.165) is 43.8 Å². The van der Waals surface area contributed by atoms with E-state index in [0.29, 0.717) is 0 Å². The zero-order chi connectivity index (χ0) is 17.8. The fraction of sp³-hybridized carbons (Fsp3) is 0.500. The quantitative estimate of drug-likeness (QED) is 0.914. The summed E-state index contributed by atoms with van der Waals surface area (Å²) in [5.41, 5.74) is 0.853. The number of carbonyl (C=O) groups is 1. The van der Waals surface area contributed by atoms with Crippen molar-refractivity contribution in [3.63, 3.8) is 0 Å². The van der Waals surface area contributed by atoms with Gasteiger partial charge in [0.15, 0.2) is 0 Å². The van der Waals surface area contributed by atoms with Gasteiger partial charge in [0.2, 0.25) is 0 Å². The molecule has 26 heavy (non-hydrogen) atoms. The Bertz CT molecular complexity index is 762. The minimum absolute atomic E-state index is 0.0361. The summed E-state index contributed by atoms with van der Waals surface area (Å²) in [6.07, 6.45) is 6.16. The Labute approximate surface area is 155 Å². The van der Waals surface area contributed by atoms with Crippen LogP contribution in [0, 0.1) is 0 Å². The summed E-state index contributed by atoms with van der Waals surface area (Å²) < 4.78 is 5.54. The number of hydrogen-bond acceptors (Lipinski definition) is 3. The van der Waals surface area contributed by atoms with Crippen LogP contribution in [-0.4, -0.2) is 49.2 Å². The molecular weight excluding hydrogens is 324 g/mol. The van der Waals surface area contributed by atoms with Gasteiger partial charge in [-0.15, -0.1) is 0 Å². The molecule has 2 fully saturated rings. The molecule has 2 aliphatic rings. The molecule has 1 aliphatic heterocycles. The minimum Gasteiger partial charge on any atom is -0.379 e. The number of nitrogens with zero attached hydrogens (tertiary/aromatic N) is 1. The van der Waals surface area contributed by atoms with Crippen molar-refractivity contribution in [1.29, 1.82) is 0 Å². The number of amides is 1. The average Bonchev–Trinajstić information content (AvgIpc) is 2.73. The van der Waals surface area contributed by atoms with Crippen molar-refractivity contribution in [3.05, 3.63) is 48.0 Å². The van der Waals surface area contributed by atoms with E-state index >= 15 is 0 Å². The van der Waals surface area contributed by atoms with Crippen LogP contribution < -0.4 is 5.32 Å². The largest absolute Gasteiger partial charge is 0.379 e. The Morgan fingerprint density at radius 3 is 2.50 bits per heavy atom. The maximum Gasteiger partial charge on any atom is 0.251 e. The molecule has 4 nitrogen and oxygen atoms in total. The van der Waals surface area contributed by atoms with E-state index in [4.69, 9.17) is 4.74 Å². The first-order chi connectivity index (χ1) is 12.8. The number of fused-ring (bicyclic) bond motifs is 1. The SMILES string of the molecule is O=C(NCC1(N2CCOCC2)CCCCC1)c1ccc2ccccc2c1. The molecule has 2 aromatic rings. The van der Waals surface area contributed by atoms with Crippen molar-refractivity contribution >= 4 is 16.7 Å². The monoisotopic (exact) mass is 352 g/mol. The summed E-state index contributed by atoms with van der Waals surface area (Å²) in [5.74, 6) is 0.0361. The Balaban J connectivity index is 1.48. The first-order valence-electron chi connectivity index (χ1n) is 9.87. The molecule has 0 atom stereocenters. The van der Waals surface area contributed by atoms with Crippen LogP contribution in [0.4, 0.5) is 0 Å². The summed E-state index contributed by atoms with van der Waals surface area (Å²) in [7, 11) is 0.